The number of thioether (sulfide) groups is 1. The average Bonchev–Trinajstić information content (AvgIpc) is 2.77. The maximum Gasteiger partial charge on any atom is 0.327 e. The van der Waals surface area contributed by atoms with Crippen LogP contribution in [0.4, 0.5) is 0 Å². The molecule has 0 unspecified atom stereocenters. The fraction of sp³-hybridized carbons (Fsp3) is 0.385. The van der Waals surface area contributed by atoms with Gasteiger partial charge in [-0.25, -0.2) is 4.79 Å². The lowest BCUT2D eigenvalue weighted by atomic mass is 10.0. The number of carboxylic acid groups (broad SMARTS) is 1. The van der Waals surface area contributed by atoms with Gasteiger partial charge in [-0.15, -0.1) is 11.8 Å². The lowest BCUT2D eigenvalue weighted by Gasteiger charge is -2.22. The van der Waals surface area contributed by atoms with Gasteiger partial charge in [0.15, 0.2) is 0 Å². The van der Waals surface area contributed by atoms with Gasteiger partial charge in [0, 0.05) is 11.3 Å². The fourth-order valence-corrected chi connectivity index (χ4v) is 3.29. The molecule has 1 aromatic rings. The smallest absolute Gasteiger partial charge is 0.327 e. The van der Waals surface area contributed by atoms with Crippen LogP contribution in [-0.4, -0.2) is 39.6 Å². The largest absolute Gasteiger partial charge is 0.480 e. The van der Waals surface area contributed by atoms with Crippen molar-refractivity contribution in [3.05, 3.63) is 34.9 Å². The highest BCUT2D eigenvalue weighted by molar-refractivity contribution is 7.99. The molecule has 1 fully saturated rings. The quantitative estimate of drug-likeness (QED) is 0.887. The summed E-state index contributed by atoms with van der Waals surface area (Å²) in [7, 11) is 0. The number of amides is 1. The number of rotatable bonds is 2. The van der Waals surface area contributed by atoms with E-state index in [1.807, 2.05) is 32.0 Å². The monoisotopic (exact) mass is 265 g/mol. The molecule has 1 aromatic carbocycles. The topological polar surface area (TPSA) is 57.6 Å². The Labute approximate surface area is 110 Å². The number of carbonyl (C=O) groups excluding carboxylic acids is 1. The van der Waals surface area contributed by atoms with Crippen LogP contribution in [0.3, 0.4) is 0 Å². The van der Waals surface area contributed by atoms with E-state index in [4.69, 9.17) is 5.11 Å². The van der Waals surface area contributed by atoms with Gasteiger partial charge in [-0.05, 0) is 25.0 Å². The Morgan fingerprint density at radius 3 is 2.50 bits per heavy atom. The second-order valence-electron chi connectivity index (χ2n) is 4.40. The van der Waals surface area contributed by atoms with E-state index in [1.165, 1.54) is 16.7 Å². The summed E-state index contributed by atoms with van der Waals surface area (Å²) in [5.41, 5.74) is 2.41. The predicted octanol–water partition coefficient (Wildman–Crippen LogP) is 1.90. The van der Waals surface area contributed by atoms with Gasteiger partial charge in [0.1, 0.15) is 6.04 Å². The van der Waals surface area contributed by atoms with Crippen molar-refractivity contribution in [1.82, 2.24) is 4.90 Å². The minimum atomic E-state index is -0.931. The van der Waals surface area contributed by atoms with E-state index in [-0.39, 0.29) is 5.91 Å². The zero-order chi connectivity index (χ0) is 13.3. The molecule has 4 nitrogen and oxygen atoms in total. The summed E-state index contributed by atoms with van der Waals surface area (Å²) in [6, 6.07) is 4.94. The standard InChI is InChI=1S/C13H15NO3S/c1-8-4-3-5-9(2)11(8)12(15)14-7-18-6-10(14)13(16)17/h3-5,10H,6-7H2,1-2H3,(H,16,17)/t10-/m0/s1. The molecule has 0 spiro atoms. The van der Waals surface area contributed by atoms with Gasteiger partial charge in [0.25, 0.3) is 5.91 Å². The first kappa shape index (κ1) is 13.0. The van der Waals surface area contributed by atoms with Crippen molar-refractivity contribution < 1.29 is 14.7 Å². The normalized spacial score (nSPS) is 19.0. The van der Waals surface area contributed by atoms with Gasteiger partial charge < -0.3 is 10.0 Å². The molecule has 1 saturated heterocycles. The summed E-state index contributed by atoms with van der Waals surface area (Å²) in [6.45, 7) is 3.75. The molecule has 5 heteroatoms. The van der Waals surface area contributed by atoms with Gasteiger partial charge >= 0.3 is 5.97 Å². The summed E-state index contributed by atoms with van der Waals surface area (Å²) < 4.78 is 0. The molecular formula is C13H15NO3S. The van der Waals surface area contributed by atoms with Crippen LogP contribution >= 0.6 is 11.8 Å². The molecule has 1 aliphatic heterocycles. The van der Waals surface area contributed by atoms with Gasteiger partial charge in [-0.1, -0.05) is 18.2 Å². The molecular weight excluding hydrogens is 250 g/mol. The second kappa shape index (κ2) is 5.02. The molecule has 0 radical (unpaired) electrons. The summed E-state index contributed by atoms with van der Waals surface area (Å²) in [5, 5.41) is 9.11. The average molecular weight is 265 g/mol. The SMILES string of the molecule is Cc1cccc(C)c1C(=O)N1CSC[C@H]1C(=O)O. The highest BCUT2D eigenvalue weighted by Gasteiger charge is 2.35. The first-order chi connectivity index (χ1) is 8.52. The van der Waals surface area contributed by atoms with Crippen LogP contribution in [0.15, 0.2) is 18.2 Å². The van der Waals surface area contributed by atoms with E-state index in [1.54, 1.807) is 0 Å². The van der Waals surface area contributed by atoms with Crippen LogP contribution in [0.5, 0.6) is 0 Å². The number of aryl methyl sites for hydroxylation is 2. The summed E-state index contributed by atoms with van der Waals surface area (Å²) in [5.74, 6) is -0.196. The number of carboxylic acids is 1. The minimum absolute atomic E-state index is 0.178. The van der Waals surface area contributed by atoms with Crippen molar-refractivity contribution in [1.29, 1.82) is 0 Å². The van der Waals surface area contributed by atoms with E-state index < -0.39 is 12.0 Å². The summed E-state index contributed by atoms with van der Waals surface area (Å²) in [4.78, 5) is 25.0. The number of hydrogen-bond donors (Lipinski definition) is 1. The molecule has 0 aromatic heterocycles. The van der Waals surface area contributed by atoms with E-state index in [2.05, 4.69) is 0 Å². The highest BCUT2D eigenvalue weighted by atomic mass is 32.2. The van der Waals surface area contributed by atoms with Gasteiger partial charge in [0.05, 0.1) is 5.88 Å². The third-order valence-corrected chi connectivity index (χ3v) is 4.14. The molecule has 2 rings (SSSR count). The molecule has 96 valence electrons. The van der Waals surface area contributed by atoms with Crippen molar-refractivity contribution in [2.24, 2.45) is 0 Å². The number of benzene rings is 1. The van der Waals surface area contributed by atoms with E-state index >= 15 is 0 Å². The Balaban J connectivity index is 2.34. The fourth-order valence-electron chi connectivity index (χ4n) is 2.14. The van der Waals surface area contributed by atoms with Crippen molar-refractivity contribution in [3.63, 3.8) is 0 Å². The van der Waals surface area contributed by atoms with E-state index in [9.17, 15) is 9.59 Å². The maximum atomic E-state index is 12.5. The van der Waals surface area contributed by atoms with E-state index in [0.29, 0.717) is 17.2 Å². The molecule has 0 bridgehead atoms. The van der Waals surface area contributed by atoms with Crippen molar-refractivity contribution in [2.75, 3.05) is 11.6 Å². The Morgan fingerprint density at radius 2 is 1.94 bits per heavy atom. The number of nitrogens with zero attached hydrogens (tertiary/aromatic N) is 1. The Kier molecular flexibility index (Phi) is 3.61. The first-order valence-corrected chi connectivity index (χ1v) is 6.85. The number of carbonyl (C=O) groups is 2. The van der Waals surface area contributed by atoms with Crippen LogP contribution in [0, 0.1) is 13.8 Å². The molecule has 0 aliphatic carbocycles. The van der Waals surface area contributed by atoms with Crippen molar-refractivity contribution >= 4 is 23.6 Å². The van der Waals surface area contributed by atoms with Crippen LogP contribution in [0.1, 0.15) is 21.5 Å². The third kappa shape index (κ3) is 2.22. The molecule has 1 amide bonds. The van der Waals surface area contributed by atoms with Crippen molar-refractivity contribution in [2.45, 2.75) is 19.9 Å². The number of hydrogen-bond acceptors (Lipinski definition) is 3. The van der Waals surface area contributed by atoms with Crippen LogP contribution in [-0.2, 0) is 4.79 Å². The lowest BCUT2D eigenvalue weighted by Crippen LogP contribution is -2.42. The van der Waals surface area contributed by atoms with Crippen LogP contribution < -0.4 is 0 Å². The molecule has 1 atom stereocenters. The second-order valence-corrected chi connectivity index (χ2v) is 5.40. The lowest BCUT2D eigenvalue weighted by molar-refractivity contribution is -0.140. The van der Waals surface area contributed by atoms with Crippen LogP contribution in [0.25, 0.3) is 0 Å². The molecule has 1 aliphatic rings. The zero-order valence-corrected chi connectivity index (χ0v) is 11.2. The zero-order valence-electron chi connectivity index (χ0n) is 10.3. The molecule has 1 N–H and O–H groups in total. The molecule has 0 saturated carbocycles. The van der Waals surface area contributed by atoms with Gasteiger partial charge in [0.2, 0.25) is 0 Å². The molecule has 18 heavy (non-hydrogen) atoms. The Bertz CT molecular complexity index is 481. The number of aliphatic carboxylic acids is 1. The predicted molar refractivity (Wildman–Crippen MR) is 70.8 cm³/mol. The molecule has 1 heterocycles. The Morgan fingerprint density at radius 1 is 1.33 bits per heavy atom. The highest BCUT2D eigenvalue weighted by Crippen LogP contribution is 2.25. The maximum absolute atomic E-state index is 12.5. The Hall–Kier alpha value is -1.49. The van der Waals surface area contributed by atoms with Gasteiger partial charge in [-0.3, -0.25) is 4.79 Å². The van der Waals surface area contributed by atoms with Crippen molar-refractivity contribution in [3.8, 4) is 0 Å². The third-order valence-electron chi connectivity index (χ3n) is 3.12. The summed E-state index contributed by atoms with van der Waals surface area (Å²) in [6.07, 6.45) is 0. The minimum Gasteiger partial charge on any atom is -0.480 e. The first-order valence-electron chi connectivity index (χ1n) is 5.70. The van der Waals surface area contributed by atoms with E-state index in [0.717, 1.165) is 11.1 Å². The summed E-state index contributed by atoms with van der Waals surface area (Å²) >= 11 is 1.48. The van der Waals surface area contributed by atoms with Gasteiger partial charge in [-0.2, -0.15) is 0 Å². The van der Waals surface area contributed by atoms with Crippen LogP contribution in [0.2, 0.25) is 0 Å².